The Bertz CT molecular complexity index is 1280. The minimum atomic E-state index is -0.436. The second kappa shape index (κ2) is 9.43. The van der Waals surface area contributed by atoms with Crippen LogP contribution >= 0.6 is 0 Å². The van der Waals surface area contributed by atoms with Gasteiger partial charge in [0.1, 0.15) is 17.2 Å². The van der Waals surface area contributed by atoms with Crippen LogP contribution in [0.15, 0.2) is 72.4 Å². The predicted molar refractivity (Wildman–Crippen MR) is 134 cm³/mol. The highest BCUT2D eigenvalue weighted by Crippen LogP contribution is 2.38. The Kier molecular flexibility index (Phi) is 6.41. The smallest absolute Gasteiger partial charge is 0.282 e. The molecule has 1 heterocycles. The van der Waals surface area contributed by atoms with Crippen LogP contribution in [0.25, 0.3) is 5.57 Å². The molecule has 1 N–H and O–H groups in total. The third-order valence-electron chi connectivity index (χ3n) is 5.71. The molecule has 2 amide bonds. The minimum Gasteiger partial charge on any atom is -0.497 e. The third-order valence-corrected chi connectivity index (χ3v) is 5.71. The lowest BCUT2D eigenvalue weighted by Crippen LogP contribution is -2.33. The number of nitrogens with one attached hydrogen (secondary N) is 1. The molecule has 6 heteroatoms. The second-order valence-electron chi connectivity index (χ2n) is 8.48. The number of benzene rings is 3. The van der Waals surface area contributed by atoms with Crippen LogP contribution in [0.2, 0.25) is 0 Å². The van der Waals surface area contributed by atoms with Crippen molar-refractivity contribution in [2.75, 3.05) is 17.3 Å². The summed E-state index contributed by atoms with van der Waals surface area (Å²) in [4.78, 5) is 28.7. The molecule has 0 aliphatic carbocycles. The molecule has 0 unspecified atom stereocenters. The first-order valence-corrected chi connectivity index (χ1v) is 11.2. The van der Waals surface area contributed by atoms with Crippen molar-refractivity contribution in [3.05, 3.63) is 89.1 Å². The van der Waals surface area contributed by atoms with Crippen molar-refractivity contribution in [3.8, 4) is 11.5 Å². The van der Waals surface area contributed by atoms with Gasteiger partial charge in [-0.25, -0.2) is 4.90 Å². The van der Waals surface area contributed by atoms with Gasteiger partial charge in [0.25, 0.3) is 11.8 Å². The van der Waals surface area contributed by atoms with Gasteiger partial charge in [0, 0.05) is 5.69 Å². The lowest BCUT2D eigenvalue weighted by atomic mass is 9.99. The standard InChI is InChI=1S/C28H28N2O4/c1-17(2)34-24-9-7-6-8-23(24)30-27(31)25(20-11-10-18(3)19(4)16-20)26(28(30)32)29-21-12-14-22(33-5)15-13-21/h6-17,29H,1-5H3. The Morgan fingerprint density at radius 3 is 2.21 bits per heavy atom. The van der Waals surface area contributed by atoms with Crippen molar-refractivity contribution in [1.82, 2.24) is 0 Å². The molecule has 34 heavy (non-hydrogen) atoms. The number of hydrogen-bond acceptors (Lipinski definition) is 5. The molecule has 0 spiro atoms. The first-order valence-electron chi connectivity index (χ1n) is 11.2. The maximum atomic E-state index is 13.8. The summed E-state index contributed by atoms with van der Waals surface area (Å²) in [6.07, 6.45) is -0.113. The summed E-state index contributed by atoms with van der Waals surface area (Å²) < 4.78 is 11.1. The highest BCUT2D eigenvalue weighted by Gasteiger charge is 2.41. The fraction of sp³-hybridized carbons (Fsp3) is 0.214. The van der Waals surface area contributed by atoms with Crippen molar-refractivity contribution in [2.45, 2.75) is 33.8 Å². The average molecular weight is 457 g/mol. The number of hydrogen-bond donors (Lipinski definition) is 1. The molecule has 6 nitrogen and oxygen atoms in total. The molecule has 3 aromatic carbocycles. The third kappa shape index (κ3) is 4.39. The fourth-order valence-electron chi connectivity index (χ4n) is 3.84. The molecule has 0 atom stereocenters. The summed E-state index contributed by atoms with van der Waals surface area (Å²) in [5, 5.41) is 3.19. The monoisotopic (exact) mass is 456 g/mol. The maximum absolute atomic E-state index is 13.8. The topological polar surface area (TPSA) is 67.9 Å². The quantitative estimate of drug-likeness (QED) is 0.476. The van der Waals surface area contributed by atoms with Crippen molar-refractivity contribution in [2.24, 2.45) is 0 Å². The van der Waals surface area contributed by atoms with Gasteiger partial charge in [-0.2, -0.15) is 0 Å². The number of amides is 2. The number of para-hydroxylation sites is 2. The normalized spacial score (nSPS) is 13.6. The number of imide groups is 1. The number of nitrogens with zero attached hydrogens (tertiary/aromatic N) is 1. The summed E-state index contributed by atoms with van der Waals surface area (Å²) in [6.45, 7) is 7.80. The van der Waals surface area contributed by atoms with Crippen LogP contribution in [-0.4, -0.2) is 25.0 Å². The van der Waals surface area contributed by atoms with E-state index in [4.69, 9.17) is 9.47 Å². The minimum absolute atomic E-state index is 0.113. The second-order valence-corrected chi connectivity index (χ2v) is 8.48. The molecule has 0 bridgehead atoms. The molecule has 0 radical (unpaired) electrons. The van der Waals surface area contributed by atoms with E-state index in [1.165, 1.54) is 4.90 Å². The first kappa shape index (κ1) is 23.1. The lowest BCUT2D eigenvalue weighted by molar-refractivity contribution is -0.120. The molecule has 0 saturated carbocycles. The van der Waals surface area contributed by atoms with Crippen molar-refractivity contribution in [3.63, 3.8) is 0 Å². The van der Waals surface area contributed by atoms with Crippen molar-refractivity contribution >= 4 is 28.8 Å². The summed E-state index contributed by atoms with van der Waals surface area (Å²) in [5.41, 5.74) is 4.46. The van der Waals surface area contributed by atoms with E-state index in [-0.39, 0.29) is 11.8 Å². The van der Waals surface area contributed by atoms with Crippen LogP contribution in [0.5, 0.6) is 11.5 Å². The van der Waals surface area contributed by atoms with E-state index in [1.807, 2.05) is 52.0 Å². The van der Waals surface area contributed by atoms with Gasteiger partial charge in [-0.15, -0.1) is 0 Å². The highest BCUT2D eigenvalue weighted by molar-refractivity contribution is 6.46. The zero-order chi connectivity index (χ0) is 24.4. The van der Waals surface area contributed by atoms with Gasteiger partial charge in [-0.05, 0) is 80.8 Å². The van der Waals surface area contributed by atoms with Crippen LogP contribution in [0.3, 0.4) is 0 Å². The van der Waals surface area contributed by atoms with E-state index in [2.05, 4.69) is 5.32 Å². The Hall–Kier alpha value is -4.06. The predicted octanol–water partition coefficient (Wildman–Crippen LogP) is 5.50. The number of ether oxygens (including phenoxy) is 2. The molecular weight excluding hydrogens is 428 g/mol. The molecule has 0 fully saturated rings. The van der Waals surface area contributed by atoms with Gasteiger partial charge in [-0.1, -0.05) is 30.3 Å². The summed E-state index contributed by atoms with van der Waals surface area (Å²) in [6, 6.07) is 20.1. The van der Waals surface area contributed by atoms with Crippen LogP contribution < -0.4 is 19.7 Å². The molecule has 0 saturated heterocycles. The molecular formula is C28H28N2O4. The lowest BCUT2D eigenvalue weighted by Gasteiger charge is -2.20. The Morgan fingerprint density at radius 1 is 0.853 bits per heavy atom. The van der Waals surface area contributed by atoms with Crippen LogP contribution in [0, 0.1) is 13.8 Å². The Morgan fingerprint density at radius 2 is 1.56 bits per heavy atom. The number of aryl methyl sites for hydroxylation is 2. The first-order chi connectivity index (χ1) is 16.3. The van der Waals surface area contributed by atoms with Gasteiger partial charge in [-0.3, -0.25) is 9.59 Å². The van der Waals surface area contributed by atoms with Crippen molar-refractivity contribution < 1.29 is 19.1 Å². The van der Waals surface area contributed by atoms with Gasteiger partial charge < -0.3 is 14.8 Å². The summed E-state index contributed by atoms with van der Waals surface area (Å²) >= 11 is 0. The highest BCUT2D eigenvalue weighted by atomic mass is 16.5. The van der Waals surface area contributed by atoms with E-state index in [1.54, 1.807) is 49.6 Å². The van der Waals surface area contributed by atoms with Crippen LogP contribution in [0.1, 0.15) is 30.5 Å². The van der Waals surface area contributed by atoms with Crippen molar-refractivity contribution in [1.29, 1.82) is 0 Å². The van der Waals surface area contributed by atoms with Gasteiger partial charge in [0.2, 0.25) is 0 Å². The number of carbonyl (C=O) groups is 2. The number of methoxy groups -OCH3 is 1. The molecule has 1 aliphatic rings. The van der Waals surface area contributed by atoms with E-state index in [9.17, 15) is 9.59 Å². The zero-order valence-corrected chi connectivity index (χ0v) is 20.0. The molecule has 4 rings (SSSR count). The van der Waals surface area contributed by atoms with Gasteiger partial charge in [0.15, 0.2) is 0 Å². The van der Waals surface area contributed by atoms with Gasteiger partial charge in [0.05, 0.1) is 24.5 Å². The molecule has 174 valence electrons. The number of anilines is 2. The van der Waals surface area contributed by atoms with Gasteiger partial charge >= 0.3 is 0 Å². The van der Waals surface area contributed by atoms with E-state index >= 15 is 0 Å². The summed E-state index contributed by atoms with van der Waals surface area (Å²) in [5.74, 6) is 0.339. The summed E-state index contributed by atoms with van der Waals surface area (Å²) in [7, 11) is 1.59. The number of rotatable bonds is 7. The average Bonchev–Trinajstić information content (AvgIpc) is 3.05. The Balaban J connectivity index is 1.82. The SMILES string of the molecule is COc1ccc(NC2=C(c3ccc(C)c(C)c3)C(=O)N(c3ccccc3OC(C)C)C2=O)cc1. The molecule has 1 aliphatic heterocycles. The Labute approximate surface area is 199 Å². The molecule has 0 aromatic heterocycles. The largest absolute Gasteiger partial charge is 0.497 e. The maximum Gasteiger partial charge on any atom is 0.282 e. The van der Waals surface area contributed by atoms with Crippen LogP contribution in [0.4, 0.5) is 11.4 Å². The van der Waals surface area contributed by atoms with Crippen LogP contribution in [-0.2, 0) is 9.59 Å². The fourth-order valence-corrected chi connectivity index (χ4v) is 3.84. The number of carbonyl (C=O) groups excluding carboxylic acids is 2. The van der Waals surface area contributed by atoms with E-state index in [0.29, 0.717) is 34.0 Å². The zero-order valence-electron chi connectivity index (χ0n) is 20.0. The van der Waals surface area contributed by atoms with E-state index < -0.39 is 11.8 Å². The van der Waals surface area contributed by atoms with E-state index in [0.717, 1.165) is 11.1 Å². The molecule has 3 aromatic rings.